The van der Waals surface area contributed by atoms with Gasteiger partial charge in [0.1, 0.15) is 18.0 Å². The zero-order valence-electron chi connectivity index (χ0n) is 15.1. The van der Waals surface area contributed by atoms with Crippen molar-refractivity contribution in [1.82, 2.24) is 25.3 Å². The highest BCUT2D eigenvalue weighted by molar-refractivity contribution is 6.47. The number of pyridine rings is 1. The maximum Gasteiger partial charge on any atom is 0.547 e. The van der Waals surface area contributed by atoms with E-state index in [1.807, 2.05) is 6.07 Å². The Morgan fingerprint density at radius 1 is 1.31 bits per heavy atom. The van der Waals surface area contributed by atoms with Crippen LogP contribution < -0.4 is 9.97 Å². The molecule has 1 atom stereocenters. The first-order chi connectivity index (χ1) is 14.0. The molecule has 0 radical (unpaired) electrons. The molecule has 3 aromatic rings. The lowest BCUT2D eigenvalue weighted by molar-refractivity contribution is -0.122. The van der Waals surface area contributed by atoms with Crippen molar-refractivity contribution in [2.75, 3.05) is 0 Å². The minimum atomic E-state index is -1.37. The number of fused-ring (bicyclic) bond motifs is 1. The lowest BCUT2D eigenvalue weighted by Crippen LogP contribution is -2.53. The van der Waals surface area contributed by atoms with E-state index in [4.69, 9.17) is 4.65 Å². The second kappa shape index (κ2) is 7.72. The van der Waals surface area contributed by atoms with Crippen LogP contribution in [0.2, 0.25) is 0 Å². The number of benzene rings is 1. The lowest BCUT2D eigenvalue weighted by atomic mass is 9.72. The first kappa shape index (κ1) is 18.6. The van der Waals surface area contributed by atoms with E-state index in [1.165, 1.54) is 10.7 Å². The van der Waals surface area contributed by atoms with Gasteiger partial charge >= 0.3 is 13.1 Å². The van der Waals surface area contributed by atoms with Crippen LogP contribution in [0.15, 0.2) is 48.9 Å². The first-order valence-electron chi connectivity index (χ1n) is 8.81. The van der Waals surface area contributed by atoms with Gasteiger partial charge in [0.05, 0.1) is 17.7 Å². The van der Waals surface area contributed by atoms with Crippen molar-refractivity contribution in [3.63, 3.8) is 0 Å². The zero-order chi connectivity index (χ0) is 20.4. The van der Waals surface area contributed by atoms with Crippen LogP contribution in [0.4, 0.5) is 0 Å². The molecule has 4 rings (SSSR count). The Morgan fingerprint density at radius 2 is 2.17 bits per heavy atom. The quantitative estimate of drug-likeness (QED) is 0.522. The molecule has 29 heavy (non-hydrogen) atoms. The number of amides is 1. The van der Waals surface area contributed by atoms with Gasteiger partial charge in [-0.3, -0.25) is 9.78 Å². The highest BCUT2D eigenvalue weighted by Gasteiger charge is 2.37. The van der Waals surface area contributed by atoms with Gasteiger partial charge in [0.15, 0.2) is 0 Å². The van der Waals surface area contributed by atoms with E-state index in [-0.39, 0.29) is 24.3 Å². The number of carboxylic acid groups (broad SMARTS) is 1. The number of carbonyl (C=O) groups is 2. The Hall–Kier alpha value is -3.73. The Bertz CT molecular complexity index is 1060. The number of nitrogens with zero attached hydrogens (tertiary/aromatic N) is 4. The van der Waals surface area contributed by atoms with Crippen molar-refractivity contribution in [2.24, 2.45) is 0 Å². The molecule has 0 bridgehead atoms. The van der Waals surface area contributed by atoms with E-state index in [9.17, 15) is 19.7 Å². The lowest BCUT2D eigenvalue weighted by Gasteiger charge is -2.28. The van der Waals surface area contributed by atoms with E-state index < -0.39 is 24.9 Å². The van der Waals surface area contributed by atoms with Crippen molar-refractivity contribution in [3.05, 3.63) is 60.0 Å². The molecule has 1 aromatic carbocycles. The van der Waals surface area contributed by atoms with E-state index in [1.54, 1.807) is 36.8 Å². The summed E-state index contributed by atoms with van der Waals surface area (Å²) in [4.78, 5) is 27.7. The van der Waals surface area contributed by atoms with Gasteiger partial charge in [0, 0.05) is 18.0 Å². The molecule has 0 fully saturated rings. The van der Waals surface area contributed by atoms with Gasteiger partial charge in [0.25, 0.3) is 0 Å². The number of aromatic carboxylic acids is 1. The van der Waals surface area contributed by atoms with Gasteiger partial charge in [-0.05, 0) is 30.2 Å². The fourth-order valence-electron chi connectivity index (χ4n) is 3.14. The van der Waals surface area contributed by atoms with Crippen molar-refractivity contribution < 1.29 is 24.4 Å². The molecule has 10 nitrogen and oxygen atoms in total. The molecule has 1 amide bonds. The highest BCUT2D eigenvalue weighted by Crippen LogP contribution is 2.30. The number of aromatic nitrogens is 4. The third-order valence-corrected chi connectivity index (χ3v) is 4.50. The van der Waals surface area contributed by atoms with Gasteiger partial charge in [-0.1, -0.05) is 17.3 Å². The maximum absolute atomic E-state index is 12.4. The summed E-state index contributed by atoms with van der Waals surface area (Å²) < 4.78 is 6.75. The molecule has 1 aliphatic heterocycles. The van der Waals surface area contributed by atoms with Crippen LogP contribution in [0.1, 0.15) is 15.9 Å². The van der Waals surface area contributed by atoms with Crippen LogP contribution in [0, 0.1) is 0 Å². The SMILES string of the molecule is O=C(Cn1cc(-c2cccnc2)nn1)N[C@H]1Cc2cccc(C(=O)O)c2OB1O. The number of rotatable bonds is 5. The predicted molar refractivity (Wildman–Crippen MR) is 101 cm³/mol. The topological polar surface area (TPSA) is 139 Å². The van der Waals surface area contributed by atoms with Crippen LogP contribution in [0.5, 0.6) is 5.75 Å². The predicted octanol–water partition coefficient (Wildman–Crippen LogP) is 0.178. The summed E-state index contributed by atoms with van der Waals surface area (Å²) in [5.74, 6) is -2.14. The normalized spacial score (nSPS) is 15.3. The minimum Gasteiger partial charge on any atom is -0.534 e. The second-order valence-electron chi connectivity index (χ2n) is 6.53. The van der Waals surface area contributed by atoms with Crippen LogP contribution in [-0.4, -0.2) is 55.0 Å². The summed E-state index contributed by atoms with van der Waals surface area (Å²) in [6.07, 6.45) is 5.16. The summed E-state index contributed by atoms with van der Waals surface area (Å²) in [6.45, 7) is -0.0987. The van der Waals surface area contributed by atoms with Gasteiger partial charge in [-0.25, -0.2) is 9.48 Å². The molecule has 0 aliphatic carbocycles. The van der Waals surface area contributed by atoms with Crippen molar-refractivity contribution >= 4 is 19.0 Å². The van der Waals surface area contributed by atoms with Crippen molar-refractivity contribution in [1.29, 1.82) is 0 Å². The molecule has 0 saturated carbocycles. The highest BCUT2D eigenvalue weighted by atomic mass is 16.5. The number of hydrogen-bond acceptors (Lipinski definition) is 7. The smallest absolute Gasteiger partial charge is 0.534 e. The molecule has 1 aliphatic rings. The van der Waals surface area contributed by atoms with E-state index in [2.05, 4.69) is 20.6 Å². The fraction of sp³-hybridized carbons (Fsp3) is 0.167. The van der Waals surface area contributed by atoms with Crippen molar-refractivity contribution in [3.8, 4) is 17.0 Å². The van der Waals surface area contributed by atoms with Crippen LogP contribution >= 0.6 is 0 Å². The average molecular weight is 393 g/mol. The number of hydrogen-bond donors (Lipinski definition) is 3. The number of nitrogens with one attached hydrogen (secondary N) is 1. The molecule has 146 valence electrons. The van der Waals surface area contributed by atoms with E-state index >= 15 is 0 Å². The van der Waals surface area contributed by atoms with Gasteiger partial charge in [-0.2, -0.15) is 0 Å². The second-order valence-corrected chi connectivity index (χ2v) is 6.53. The minimum absolute atomic E-state index is 0.0307. The number of carbonyl (C=O) groups excluding carboxylic acids is 1. The Balaban J connectivity index is 1.42. The van der Waals surface area contributed by atoms with E-state index in [0.29, 0.717) is 11.3 Å². The maximum atomic E-state index is 12.4. The molecule has 3 heterocycles. The summed E-state index contributed by atoms with van der Waals surface area (Å²) in [7, 11) is -1.37. The average Bonchev–Trinajstić information content (AvgIpc) is 3.17. The molecule has 2 aromatic heterocycles. The monoisotopic (exact) mass is 393 g/mol. The largest absolute Gasteiger partial charge is 0.547 e. The molecular weight excluding hydrogens is 377 g/mol. The molecule has 0 saturated heterocycles. The standard InChI is InChI=1S/C18H16BN5O5/c25-16(10-24-9-14(22-23-24)12-4-2-6-20-8-12)21-15-7-11-3-1-5-13(18(26)27)17(11)29-19(15)28/h1-6,8-9,15,28H,7,10H2,(H,21,25)(H,26,27)/t15-/m0/s1. The Morgan fingerprint density at radius 3 is 2.93 bits per heavy atom. The zero-order valence-corrected chi connectivity index (χ0v) is 15.1. The van der Waals surface area contributed by atoms with Gasteiger partial charge < -0.3 is 20.1 Å². The summed E-state index contributed by atoms with van der Waals surface area (Å²) >= 11 is 0. The third-order valence-electron chi connectivity index (χ3n) is 4.50. The molecule has 0 spiro atoms. The first-order valence-corrected chi connectivity index (χ1v) is 8.81. The van der Waals surface area contributed by atoms with Crippen LogP contribution in [0.25, 0.3) is 11.3 Å². The van der Waals surface area contributed by atoms with Crippen molar-refractivity contribution in [2.45, 2.75) is 18.9 Å². The summed E-state index contributed by atoms with van der Waals surface area (Å²) in [5.41, 5.74) is 1.93. The number of para-hydroxylation sites is 1. The molecule has 0 unspecified atom stereocenters. The fourth-order valence-corrected chi connectivity index (χ4v) is 3.14. The van der Waals surface area contributed by atoms with E-state index in [0.717, 1.165) is 5.56 Å². The summed E-state index contributed by atoms with van der Waals surface area (Å²) in [5, 5.41) is 30.1. The molecule has 3 N–H and O–H groups in total. The van der Waals surface area contributed by atoms with Crippen LogP contribution in [0.3, 0.4) is 0 Å². The third kappa shape index (κ3) is 3.94. The summed E-state index contributed by atoms with van der Waals surface area (Å²) in [6, 6.07) is 8.30. The van der Waals surface area contributed by atoms with Gasteiger partial charge in [-0.15, -0.1) is 5.10 Å². The molecule has 11 heteroatoms. The van der Waals surface area contributed by atoms with Gasteiger partial charge in [0.2, 0.25) is 5.91 Å². The molecular formula is C18H16BN5O5. The Kier molecular flexibility index (Phi) is 4.96. The Labute approximate surface area is 165 Å². The van der Waals surface area contributed by atoms with Crippen LogP contribution in [-0.2, 0) is 17.8 Å². The number of carboxylic acids is 1.